The molecular formula is C16H19NO6S3. The molecule has 0 unspecified atom stereocenters. The number of fused-ring (bicyclic) bond motifs is 1. The molecule has 7 nitrogen and oxygen atoms in total. The third-order valence-corrected chi connectivity index (χ3v) is 8.53. The van der Waals surface area contributed by atoms with Crippen LogP contribution in [0.25, 0.3) is 0 Å². The van der Waals surface area contributed by atoms with Gasteiger partial charge in [0, 0.05) is 17.5 Å². The lowest BCUT2D eigenvalue weighted by atomic mass is 10.3. The second-order valence-electron chi connectivity index (χ2n) is 5.61. The monoisotopic (exact) mass is 417 g/mol. The van der Waals surface area contributed by atoms with Crippen LogP contribution in [0.15, 0.2) is 40.6 Å². The van der Waals surface area contributed by atoms with Crippen molar-refractivity contribution < 1.29 is 26.3 Å². The smallest absolute Gasteiger partial charge is 0.211 e. The van der Waals surface area contributed by atoms with E-state index in [1.165, 1.54) is 30.4 Å². The van der Waals surface area contributed by atoms with Gasteiger partial charge in [-0.3, -0.25) is 0 Å². The molecule has 0 bridgehead atoms. The highest BCUT2D eigenvalue weighted by atomic mass is 32.2. The summed E-state index contributed by atoms with van der Waals surface area (Å²) in [6, 6.07) is 7.87. The van der Waals surface area contributed by atoms with Crippen LogP contribution in [0.2, 0.25) is 0 Å². The van der Waals surface area contributed by atoms with Crippen molar-refractivity contribution in [1.29, 1.82) is 0 Å². The van der Waals surface area contributed by atoms with Crippen molar-refractivity contribution in [3.05, 3.63) is 40.6 Å². The predicted octanol–water partition coefficient (Wildman–Crippen LogP) is 1.97. The third kappa shape index (κ3) is 4.03. The van der Waals surface area contributed by atoms with Crippen LogP contribution < -0.4 is 14.2 Å². The van der Waals surface area contributed by atoms with Gasteiger partial charge in [0.2, 0.25) is 10.0 Å². The molecule has 142 valence electrons. The van der Waals surface area contributed by atoms with Crippen molar-refractivity contribution in [1.82, 2.24) is 4.72 Å². The van der Waals surface area contributed by atoms with Gasteiger partial charge in [-0.15, -0.1) is 11.3 Å². The SMILES string of the molecule is CCS(=O)(=O)NC[C@H](c1cccs1)S(=O)(=O)c1ccc2c(c1)OCCO2. The molecule has 1 aromatic heterocycles. The van der Waals surface area contributed by atoms with Crippen molar-refractivity contribution in [3.63, 3.8) is 0 Å². The van der Waals surface area contributed by atoms with Gasteiger partial charge >= 0.3 is 0 Å². The Morgan fingerprint density at radius 3 is 2.50 bits per heavy atom. The molecule has 0 aliphatic carbocycles. The van der Waals surface area contributed by atoms with Crippen LogP contribution in [0.4, 0.5) is 0 Å². The Balaban J connectivity index is 1.96. The normalized spacial score (nSPS) is 15.6. The lowest BCUT2D eigenvalue weighted by Crippen LogP contribution is -2.32. The van der Waals surface area contributed by atoms with Crippen LogP contribution in [-0.4, -0.2) is 42.3 Å². The van der Waals surface area contributed by atoms with E-state index in [1.807, 2.05) is 0 Å². The Bertz CT molecular complexity index is 967. The first-order chi connectivity index (χ1) is 12.3. The molecule has 2 heterocycles. The zero-order chi connectivity index (χ0) is 18.8. The number of nitrogens with one attached hydrogen (secondary N) is 1. The summed E-state index contributed by atoms with van der Waals surface area (Å²) >= 11 is 1.27. The summed E-state index contributed by atoms with van der Waals surface area (Å²) in [6.07, 6.45) is 0. The number of benzene rings is 1. The van der Waals surface area contributed by atoms with E-state index in [9.17, 15) is 16.8 Å². The molecule has 1 N–H and O–H groups in total. The average Bonchev–Trinajstić information content (AvgIpc) is 3.15. The lowest BCUT2D eigenvalue weighted by molar-refractivity contribution is 0.171. The molecule has 0 spiro atoms. The van der Waals surface area contributed by atoms with Gasteiger partial charge in [-0.2, -0.15) is 0 Å². The number of sulfonamides is 1. The summed E-state index contributed by atoms with van der Waals surface area (Å²) in [5.41, 5.74) is 0. The quantitative estimate of drug-likeness (QED) is 0.740. The highest BCUT2D eigenvalue weighted by Crippen LogP contribution is 2.37. The molecule has 0 fully saturated rings. The fourth-order valence-electron chi connectivity index (χ4n) is 2.51. The fraction of sp³-hybridized carbons (Fsp3) is 0.375. The van der Waals surface area contributed by atoms with Gasteiger partial charge in [0.25, 0.3) is 0 Å². The summed E-state index contributed by atoms with van der Waals surface area (Å²) < 4.78 is 63.2. The average molecular weight is 418 g/mol. The van der Waals surface area contributed by atoms with E-state index >= 15 is 0 Å². The van der Waals surface area contributed by atoms with E-state index in [4.69, 9.17) is 9.47 Å². The molecular weight excluding hydrogens is 398 g/mol. The Kier molecular flexibility index (Phi) is 5.56. The molecule has 26 heavy (non-hydrogen) atoms. The summed E-state index contributed by atoms with van der Waals surface area (Å²) in [4.78, 5) is 0.634. The topological polar surface area (TPSA) is 98.8 Å². The van der Waals surface area contributed by atoms with E-state index < -0.39 is 25.1 Å². The number of rotatable bonds is 7. The second-order valence-corrected chi connectivity index (χ2v) is 10.8. The van der Waals surface area contributed by atoms with Gasteiger partial charge in [0.05, 0.1) is 10.6 Å². The van der Waals surface area contributed by atoms with Crippen molar-refractivity contribution in [2.75, 3.05) is 25.5 Å². The second kappa shape index (κ2) is 7.55. The number of hydrogen-bond acceptors (Lipinski definition) is 7. The molecule has 1 aliphatic rings. The molecule has 1 aliphatic heterocycles. The van der Waals surface area contributed by atoms with Crippen molar-refractivity contribution in [2.45, 2.75) is 17.1 Å². The van der Waals surface area contributed by atoms with Crippen molar-refractivity contribution in [3.8, 4) is 11.5 Å². The van der Waals surface area contributed by atoms with Crippen LogP contribution in [0.5, 0.6) is 11.5 Å². The maximum atomic E-state index is 13.2. The molecule has 2 aromatic rings. The molecule has 0 radical (unpaired) electrons. The largest absolute Gasteiger partial charge is 0.486 e. The number of hydrogen-bond donors (Lipinski definition) is 1. The van der Waals surface area contributed by atoms with Crippen LogP contribution in [-0.2, 0) is 19.9 Å². The van der Waals surface area contributed by atoms with Gasteiger partial charge in [0.1, 0.15) is 18.5 Å². The van der Waals surface area contributed by atoms with Crippen LogP contribution in [0.1, 0.15) is 17.1 Å². The number of sulfone groups is 1. The van der Waals surface area contributed by atoms with Crippen LogP contribution >= 0.6 is 11.3 Å². The van der Waals surface area contributed by atoms with Crippen molar-refractivity contribution >= 4 is 31.2 Å². The predicted molar refractivity (Wildman–Crippen MR) is 99.1 cm³/mol. The van der Waals surface area contributed by atoms with Gasteiger partial charge in [0.15, 0.2) is 21.3 Å². The van der Waals surface area contributed by atoms with E-state index in [0.29, 0.717) is 29.6 Å². The van der Waals surface area contributed by atoms with Gasteiger partial charge in [-0.05, 0) is 30.5 Å². The fourth-order valence-corrected chi connectivity index (χ4v) is 6.04. The maximum absolute atomic E-state index is 13.2. The number of ether oxygens (including phenoxy) is 2. The summed E-state index contributed by atoms with van der Waals surface area (Å²) in [5.74, 6) is 0.750. The van der Waals surface area contributed by atoms with Gasteiger partial charge < -0.3 is 9.47 Å². The highest BCUT2D eigenvalue weighted by Gasteiger charge is 2.32. The van der Waals surface area contributed by atoms with E-state index in [0.717, 1.165) is 0 Å². The molecule has 10 heteroatoms. The summed E-state index contributed by atoms with van der Waals surface area (Å²) in [7, 11) is -7.36. The van der Waals surface area contributed by atoms with Crippen LogP contribution in [0.3, 0.4) is 0 Å². The first-order valence-electron chi connectivity index (χ1n) is 7.98. The molecule has 0 amide bonds. The third-order valence-electron chi connectivity index (χ3n) is 3.95. The first-order valence-corrected chi connectivity index (χ1v) is 12.1. The van der Waals surface area contributed by atoms with E-state index in [2.05, 4.69) is 4.72 Å². The Morgan fingerprint density at radius 1 is 1.12 bits per heavy atom. The zero-order valence-corrected chi connectivity index (χ0v) is 16.5. The zero-order valence-electron chi connectivity index (χ0n) is 14.0. The minimum absolute atomic E-state index is 0.0656. The minimum atomic E-state index is -3.84. The standard InChI is InChI=1S/C16H19NO6S3/c1-2-25(18,19)17-11-16(15-4-3-9-24-15)26(20,21)12-5-6-13-14(10-12)23-8-7-22-13/h3-6,9-10,16-17H,2,7-8,11H2,1H3/t16-/m1/s1. The minimum Gasteiger partial charge on any atom is -0.486 e. The molecule has 0 saturated heterocycles. The highest BCUT2D eigenvalue weighted by molar-refractivity contribution is 7.92. The van der Waals surface area contributed by atoms with E-state index in [-0.39, 0.29) is 17.2 Å². The Labute approximate surface area is 156 Å². The van der Waals surface area contributed by atoms with Crippen LogP contribution in [0, 0.1) is 0 Å². The molecule has 1 atom stereocenters. The molecule has 3 rings (SSSR count). The molecule has 0 saturated carbocycles. The Hall–Kier alpha value is -1.62. The molecule has 1 aromatic carbocycles. The Morgan fingerprint density at radius 2 is 1.85 bits per heavy atom. The van der Waals surface area contributed by atoms with E-state index in [1.54, 1.807) is 23.6 Å². The van der Waals surface area contributed by atoms with Gasteiger partial charge in [-0.25, -0.2) is 21.6 Å². The first kappa shape index (κ1) is 19.2. The lowest BCUT2D eigenvalue weighted by Gasteiger charge is -2.21. The summed E-state index contributed by atoms with van der Waals surface area (Å²) in [6.45, 7) is 2.03. The summed E-state index contributed by atoms with van der Waals surface area (Å²) in [5, 5.41) is 0.738. The number of thiophene rings is 1. The van der Waals surface area contributed by atoms with Crippen molar-refractivity contribution in [2.24, 2.45) is 0 Å². The van der Waals surface area contributed by atoms with Gasteiger partial charge in [-0.1, -0.05) is 6.07 Å². The maximum Gasteiger partial charge on any atom is 0.211 e.